The molecule has 0 aliphatic carbocycles. The molecule has 0 aromatic heterocycles. The Labute approximate surface area is 80.2 Å². The molecule has 3 nitrogen and oxygen atoms in total. The first-order valence-electron chi connectivity index (χ1n) is 5.01. The molecular formula is C10H20N2O. The number of carbonyl (C=O) groups is 1. The highest BCUT2D eigenvalue weighted by Crippen LogP contribution is 2.37. The van der Waals surface area contributed by atoms with E-state index in [1.165, 1.54) is 5.01 Å². The first kappa shape index (κ1) is 10.5. The quantitative estimate of drug-likeness (QED) is 0.496. The summed E-state index contributed by atoms with van der Waals surface area (Å²) in [6.45, 7) is 7.26. The zero-order chi connectivity index (χ0) is 10.1. The predicted octanol–water partition coefficient (Wildman–Crippen LogP) is 1.53. The van der Waals surface area contributed by atoms with Gasteiger partial charge in [0.25, 0.3) is 0 Å². The summed E-state index contributed by atoms with van der Waals surface area (Å²) in [6, 6.07) is 0. The van der Waals surface area contributed by atoms with Crippen molar-refractivity contribution in [3.05, 3.63) is 0 Å². The fraction of sp³-hybridized carbons (Fsp3) is 0.900. The highest BCUT2D eigenvalue weighted by Gasteiger charge is 2.34. The van der Waals surface area contributed by atoms with Crippen molar-refractivity contribution in [1.29, 1.82) is 0 Å². The Kier molecular flexibility index (Phi) is 2.96. The van der Waals surface area contributed by atoms with Gasteiger partial charge in [-0.25, -0.2) is 5.84 Å². The van der Waals surface area contributed by atoms with Gasteiger partial charge in [-0.15, -0.1) is 0 Å². The van der Waals surface area contributed by atoms with Gasteiger partial charge in [-0.1, -0.05) is 20.8 Å². The van der Waals surface area contributed by atoms with E-state index in [9.17, 15) is 4.79 Å². The van der Waals surface area contributed by atoms with E-state index in [2.05, 4.69) is 20.8 Å². The highest BCUT2D eigenvalue weighted by molar-refractivity contribution is 5.76. The number of carbonyl (C=O) groups excluding carboxylic acids is 1. The number of hydrogen-bond donors (Lipinski definition) is 1. The van der Waals surface area contributed by atoms with Crippen molar-refractivity contribution in [1.82, 2.24) is 5.01 Å². The summed E-state index contributed by atoms with van der Waals surface area (Å²) in [5.74, 6) is 6.22. The van der Waals surface area contributed by atoms with Crippen LogP contribution in [0.2, 0.25) is 0 Å². The Hall–Kier alpha value is -0.570. The third-order valence-electron chi connectivity index (χ3n) is 3.42. The summed E-state index contributed by atoms with van der Waals surface area (Å²) in [4.78, 5) is 11.5. The third kappa shape index (κ3) is 2.21. The van der Waals surface area contributed by atoms with Gasteiger partial charge in [0.2, 0.25) is 5.91 Å². The van der Waals surface area contributed by atoms with E-state index >= 15 is 0 Å². The molecule has 0 aromatic rings. The lowest BCUT2D eigenvalue weighted by Gasteiger charge is -2.31. The minimum Gasteiger partial charge on any atom is -0.281 e. The molecule has 0 radical (unpaired) electrons. The second-order valence-corrected chi connectivity index (χ2v) is 4.68. The lowest BCUT2D eigenvalue weighted by molar-refractivity contribution is -0.133. The number of nitrogens with two attached hydrogens (primary N) is 1. The van der Waals surface area contributed by atoms with Gasteiger partial charge < -0.3 is 0 Å². The lowest BCUT2D eigenvalue weighted by Crippen LogP contribution is -2.38. The van der Waals surface area contributed by atoms with Gasteiger partial charge in [0, 0.05) is 13.0 Å². The summed E-state index contributed by atoms with van der Waals surface area (Å²) in [5, 5.41) is 1.37. The van der Waals surface area contributed by atoms with E-state index in [0.717, 1.165) is 12.8 Å². The Morgan fingerprint density at radius 2 is 2.15 bits per heavy atom. The molecule has 1 unspecified atom stereocenters. The smallest absolute Gasteiger partial charge is 0.237 e. The zero-order valence-corrected chi connectivity index (χ0v) is 8.84. The molecule has 1 saturated heterocycles. The molecule has 0 aromatic carbocycles. The first-order valence-corrected chi connectivity index (χ1v) is 5.01. The van der Waals surface area contributed by atoms with Crippen LogP contribution >= 0.6 is 0 Å². The molecule has 76 valence electrons. The van der Waals surface area contributed by atoms with Gasteiger partial charge in [0.15, 0.2) is 0 Å². The van der Waals surface area contributed by atoms with Crippen LogP contribution in [0, 0.1) is 11.3 Å². The minimum absolute atomic E-state index is 0.0914. The first-order chi connectivity index (χ1) is 5.96. The van der Waals surface area contributed by atoms with Gasteiger partial charge in [-0.05, 0) is 24.2 Å². The Morgan fingerprint density at radius 1 is 1.54 bits per heavy atom. The topological polar surface area (TPSA) is 46.3 Å². The third-order valence-corrected chi connectivity index (χ3v) is 3.42. The van der Waals surface area contributed by atoms with Crippen LogP contribution in [0.5, 0.6) is 0 Å². The normalized spacial score (nSPS) is 30.8. The Bertz CT molecular complexity index is 203. The molecule has 13 heavy (non-hydrogen) atoms. The van der Waals surface area contributed by atoms with Gasteiger partial charge in [-0.3, -0.25) is 9.80 Å². The van der Waals surface area contributed by atoms with Crippen molar-refractivity contribution in [3.63, 3.8) is 0 Å². The fourth-order valence-corrected chi connectivity index (χ4v) is 1.81. The molecule has 0 spiro atoms. The molecule has 1 atom stereocenters. The molecule has 3 heteroatoms. The van der Waals surface area contributed by atoms with Gasteiger partial charge in [0.05, 0.1) is 0 Å². The van der Waals surface area contributed by atoms with E-state index in [1.54, 1.807) is 0 Å². The Balaban J connectivity index is 2.74. The number of rotatable bonds is 1. The summed E-state index contributed by atoms with van der Waals surface area (Å²) >= 11 is 0. The molecule has 1 amide bonds. The maximum absolute atomic E-state index is 11.5. The molecule has 1 aliphatic rings. The van der Waals surface area contributed by atoms with Crippen LogP contribution in [0.4, 0.5) is 0 Å². The summed E-state index contributed by atoms with van der Waals surface area (Å²) in [7, 11) is 0. The zero-order valence-electron chi connectivity index (χ0n) is 8.84. The van der Waals surface area contributed by atoms with Crippen molar-refractivity contribution >= 4 is 5.91 Å². The van der Waals surface area contributed by atoms with Crippen LogP contribution in [0.1, 0.15) is 40.0 Å². The fourth-order valence-electron chi connectivity index (χ4n) is 1.81. The van der Waals surface area contributed by atoms with Crippen LogP contribution in [0.15, 0.2) is 0 Å². The van der Waals surface area contributed by atoms with Gasteiger partial charge >= 0.3 is 0 Å². The number of nitrogens with zero attached hydrogens (tertiary/aromatic N) is 1. The molecule has 0 saturated carbocycles. The van der Waals surface area contributed by atoms with Crippen molar-refractivity contribution in [2.75, 3.05) is 6.54 Å². The highest BCUT2D eigenvalue weighted by atomic mass is 16.2. The van der Waals surface area contributed by atoms with Crippen molar-refractivity contribution in [3.8, 4) is 0 Å². The van der Waals surface area contributed by atoms with E-state index in [4.69, 9.17) is 5.84 Å². The van der Waals surface area contributed by atoms with E-state index in [1.807, 2.05) is 0 Å². The average Bonchev–Trinajstić information content (AvgIpc) is 2.14. The lowest BCUT2D eigenvalue weighted by atomic mass is 9.73. The second kappa shape index (κ2) is 3.66. The Morgan fingerprint density at radius 3 is 2.69 bits per heavy atom. The van der Waals surface area contributed by atoms with E-state index in [0.29, 0.717) is 18.9 Å². The predicted molar refractivity (Wildman–Crippen MR) is 52.7 cm³/mol. The monoisotopic (exact) mass is 184 g/mol. The standard InChI is InChI=1S/C10H20N2O/c1-8(2)10(3)5-4-6-12(11)9(13)7-10/h8H,4-7,11H2,1-3H3. The van der Waals surface area contributed by atoms with Crippen LogP contribution in [-0.2, 0) is 4.79 Å². The maximum atomic E-state index is 11.5. The largest absolute Gasteiger partial charge is 0.281 e. The number of amides is 1. The molecule has 1 fully saturated rings. The van der Waals surface area contributed by atoms with Crippen molar-refractivity contribution < 1.29 is 4.79 Å². The van der Waals surface area contributed by atoms with E-state index in [-0.39, 0.29) is 11.3 Å². The summed E-state index contributed by atoms with van der Waals surface area (Å²) in [5.41, 5.74) is 0.144. The van der Waals surface area contributed by atoms with Gasteiger partial charge in [-0.2, -0.15) is 0 Å². The van der Waals surface area contributed by atoms with Crippen LogP contribution in [-0.4, -0.2) is 17.5 Å². The second-order valence-electron chi connectivity index (χ2n) is 4.68. The molecule has 0 bridgehead atoms. The molecule has 1 aliphatic heterocycles. The van der Waals surface area contributed by atoms with Crippen LogP contribution in [0.3, 0.4) is 0 Å². The molecule has 2 N–H and O–H groups in total. The summed E-state index contributed by atoms with van der Waals surface area (Å²) in [6.07, 6.45) is 2.72. The molecular weight excluding hydrogens is 164 g/mol. The SMILES string of the molecule is CC(C)C1(C)CCCN(N)C(=O)C1. The minimum atomic E-state index is 0.0914. The van der Waals surface area contributed by atoms with Crippen molar-refractivity contribution in [2.45, 2.75) is 40.0 Å². The number of hydrogen-bond acceptors (Lipinski definition) is 2. The molecule has 1 rings (SSSR count). The van der Waals surface area contributed by atoms with E-state index < -0.39 is 0 Å². The maximum Gasteiger partial charge on any atom is 0.237 e. The van der Waals surface area contributed by atoms with Crippen LogP contribution < -0.4 is 5.84 Å². The van der Waals surface area contributed by atoms with Crippen molar-refractivity contribution in [2.24, 2.45) is 17.2 Å². The van der Waals surface area contributed by atoms with Crippen LogP contribution in [0.25, 0.3) is 0 Å². The van der Waals surface area contributed by atoms with Gasteiger partial charge in [0.1, 0.15) is 0 Å². The average molecular weight is 184 g/mol. The molecule has 1 heterocycles. The summed E-state index contributed by atoms with van der Waals surface area (Å²) < 4.78 is 0. The number of hydrazine groups is 1.